The van der Waals surface area contributed by atoms with Crippen molar-refractivity contribution in [3.63, 3.8) is 0 Å². The molecule has 5 nitrogen and oxygen atoms in total. The molecular formula is C23H19ClN4O. The van der Waals surface area contributed by atoms with Gasteiger partial charge in [0, 0.05) is 22.7 Å². The maximum atomic E-state index is 13.2. The van der Waals surface area contributed by atoms with Gasteiger partial charge in [-0.05, 0) is 35.6 Å². The van der Waals surface area contributed by atoms with E-state index in [-0.39, 0.29) is 17.7 Å². The number of rotatable bonds is 3. The first-order valence-corrected chi connectivity index (χ1v) is 9.98. The zero-order valence-corrected chi connectivity index (χ0v) is 16.4. The van der Waals surface area contributed by atoms with Crippen LogP contribution in [0.25, 0.3) is 6.08 Å². The number of halogens is 1. The molecule has 1 aliphatic carbocycles. The van der Waals surface area contributed by atoms with Crippen LogP contribution in [0.4, 0.5) is 5.95 Å². The second-order valence-electron chi connectivity index (χ2n) is 7.34. The second kappa shape index (κ2) is 7.33. The molecule has 144 valence electrons. The Morgan fingerprint density at radius 3 is 2.66 bits per heavy atom. The first kappa shape index (κ1) is 17.9. The lowest BCUT2D eigenvalue weighted by Gasteiger charge is -2.34. The molecule has 1 N–H and O–H groups in total. The van der Waals surface area contributed by atoms with Crippen LogP contribution in [0.5, 0.6) is 0 Å². The Balaban J connectivity index is 1.51. The molecule has 2 atom stereocenters. The van der Waals surface area contributed by atoms with Gasteiger partial charge in [0.25, 0.3) is 0 Å². The van der Waals surface area contributed by atoms with Crippen molar-refractivity contribution in [3.05, 3.63) is 94.4 Å². The van der Waals surface area contributed by atoms with E-state index in [2.05, 4.69) is 15.4 Å². The molecule has 0 saturated heterocycles. The van der Waals surface area contributed by atoms with Crippen molar-refractivity contribution in [1.29, 1.82) is 0 Å². The van der Waals surface area contributed by atoms with E-state index in [4.69, 9.17) is 11.6 Å². The Kier molecular flexibility index (Phi) is 4.52. The average Bonchev–Trinajstić information content (AvgIpc) is 3.21. The van der Waals surface area contributed by atoms with E-state index in [0.717, 1.165) is 28.8 Å². The number of nitrogens with zero attached hydrogens (tertiary/aromatic N) is 3. The molecule has 2 heterocycles. The third-order valence-electron chi connectivity index (χ3n) is 5.51. The molecule has 0 saturated carbocycles. The smallest absolute Gasteiger partial charge is 0.226 e. The summed E-state index contributed by atoms with van der Waals surface area (Å²) in [4.78, 5) is 17.5. The fourth-order valence-corrected chi connectivity index (χ4v) is 4.23. The molecule has 0 bridgehead atoms. The SMILES string of the molecule is O=C1CC(c2ccc(Cl)cc2)CC2=C1C(C=Cc1ccccc1)n1ncnc1N2. The highest BCUT2D eigenvalue weighted by molar-refractivity contribution is 6.30. The van der Waals surface area contributed by atoms with Crippen molar-refractivity contribution < 1.29 is 4.79 Å². The molecule has 2 unspecified atom stereocenters. The number of hydrogen-bond acceptors (Lipinski definition) is 4. The third-order valence-corrected chi connectivity index (χ3v) is 5.77. The molecule has 2 aromatic carbocycles. The van der Waals surface area contributed by atoms with E-state index in [9.17, 15) is 4.79 Å². The van der Waals surface area contributed by atoms with Crippen molar-refractivity contribution in [2.75, 3.05) is 5.32 Å². The van der Waals surface area contributed by atoms with Crippen molar-refractivity contribution in [2.45, 2.75) is 24.8 Å². The van der Waals surface area contributed by atoms with Gasteiger partial charge < -0.3 is 5.32 Å². The minimum Gasteiger partial charge on any atom is -0.328 e. The molecule has 1 aliphatic heterocycles. The summed E-state index contributed by atoms with van der Waals surface area (Å²) in [5.41, 5.74) is 3.92. The zero-order valence-electron chi connectivity index (χ0n) is 15.6. The van der Waals surface area contributed by atoms with Crippen molar-refractivity contribution in [1.82, 2.24) is 14.8 Å². The molecular weight excluding hydrogens is 384 g/mol. The third kappa shape index (κ3) is 3.38. The number of aromatic nitrogens is 3. The lowest BCUT2D eigenvalue weighted by Crippen LogP contribution is -2.32. The molecule has 29 heavy (non-hydrogen) atoms. The Labute approximate surface area is 173 Å². The number of anilines is 1. The van der Waals surface area contributed by atoms with Crippen LogP contribution >= 0.6 is 11.6 Å². The van der Waals surface area contributed by atoms with Gasteiger partial charge in [-0.25, -0.2) is 4.68 Å². The summed E-state index contributed by atoms with van der Waals surface area (Å²) in [6, 6.07) is 17.5. The Morgan fingerprint density at radius 2 is 1.86 bits per heavy atom. The van der Waals surface area contributed by atoms with Gasteiger partial charge in [-0.1, -0.05) is 66.2 Å². The van der Waals surface area contributed by atoms with Gasteiger partial charge >= 0.3 is 0 Å². The van der Waals surface area contributed by atoms with Gasteiger partial charge in [-0.15, -0.1) is 0 Å². The van der Waals surface area contributed by atoms with Crippen LogP contribution in [-0.4, -0.2) is 20.5 Å². The second-order valence-corrected chi connectivity index (χ2v) is 7.78. The molecule has 0 spiro atoms. The highest BCUT2D eigenvalue weighted by Gasteiger charge is 2.37. The summed E-state index contributed by atoms with van der Waals surface area (Å²) >= 11 is 6.02. The van der Waals surface area contributed by atoms with Gasteiger partial charge in [0.05, 0.1) is 0 Å². The van der Waals surface area contributed by atoms with E-state index in [0.29, 0.717) is 17.4 Å². The van der Waals surface area contributed by atoms with Crippen LogP contribution in [0.2, 0.25) is 5.02 Å². The largest absolute Gasteiger partial charge is 0.328 e. The first-order chi connectivity index (χ1) is 14.2. The maximum absolute atomic E-state index is 13.2. The minimum atomic E-state index is -0.261. The predicted molar refractivity (Wildman–Crippen MR) is 114 cm³/mol. The number of Topliss-reactive ketones (excluding diaryl/α,β-unsaturated/α-hetero) is 1. The van der Waals surface area contributed by atoms with E-state index in [1.54, 1.807) is 4.68 Å². The monoisotopic (exact) mass is 402 g/mol. The Morgan fingerprint density at radius 1 is 1.07 bits per heavy atom. The summed E-state index contributed by atoms with van der Waals surface area (Å²) in [6.45, 7) is 0. The Hall–Kier alpha value is -3.18. The summed E-state index contributed by atoms with van der Waals surface area (Å²) in [7, 11) is 0. The fourth-order valence-electron chi connectivity index (χ4n) is 4.11. The summed E-state index contributed by atoms with van der Waals surface area (Å²) in [5.74, 6) is 0.929. The van der Waals surface area contributed by atoms with Crippen LogP contribution in [0, 0.1) is 0 Å². The first-order valence-electron chi connectivity index (χ1n) is 9.60. The molecule has 5 rings (SSSR count). The van der Waals surface area contributed by atoms with Crippen LogP contribution in [0.3, 0.4) is 0 Å². The number of allylic oxidation sites excluding steroid dienone is 3. The number of nitrogens with one attached hydrogen (secondary N) is 1. The molecule has 0 radical (unpaired) electrons. The minimum absolute atomic E-state index is 0.124. The standard InChI is InChI=1S/C23H19ClN4O/c24-18-9-7-16(8-10-18)17-12-19-22(21(29)13-17)20(28-23(27-19)25-14-26-28)11-6-15-4-2-1-3-5-15/h1-11,14,17,20H,12-13H2,(H,25,26,27). The van der Waals surface area contributed by atoms with Crippen LogP contribution < -0.4 is 5.32 Å². The van der Waals surface area contributed by atoms with Crippen LogP contribution in [0.1, 0.15) is 35.9 Å². The van der Waals surface area contributed by atoms with Gasteiger partial charge in [0.1, 0.15) is 12.4 Å². The van der Waals surface area contributed by atoms with Gasteiger partial charge in [-0.2, -0.15) is 10.1 Å². The predicted octanol–water partition coefficient (Wildman–Crippen LogP) is 5.01. The summed E-state index contributed by atoms with van der Waals surface area (Å²) in [6.07, 6.45) is 6.81. The lowest BCUT2D eigenvalue weighted by atomic mass is 9.79. The van der Waals surface area contributed by atoms with Gasteiger partial charge in [-0.3, -0.25) is 4.79 Å². The van der Waals surface area contributed by atoms with Gasteiger partial charge in [0.15, 0.2) is 5.78 Å². The number of ketones is 1. The van der Waals surface area contributed by atoms with Crippen LogP contribution in [-0.2, 0) is 4.79 Å². The van der Waals surface area contributed by atoms with Gasteiger partial charge in [0.2, 0.25) is 5.95 Å². The summed E-state index contributed by atoms with van der Waals surface area (Å²) < 4.78 is 1.78. The van der Waals surface area contributed by atoms with Crippen LogP contribution in [0.15, 0.2) is 78.3 Å². The molecule has 2 aliphatic rings. The zero-order chi connectivity index (χ0) is 19.8. The molecule has 0 amide bonds. The Bertz CT molecular complexity index is 1120. The van der Waals surface area contributed by atoms with E-state index in [1.165, 1.54) is 6.33 Å². The van der Waals surface area contributed by atoms with Crippen molar-refractivity contribution in [2.24, 2.45) is 0 Å². The highest BCUT2D eigenvalue weighted by atomic mass is 35.5. The molecule has 0 fully saturated rings. The van der Waals surface area contributed by atoms with Crippen molar-refractivity contribution >= 4 is 29.4 Å². The van der Waals surface area contributed by atoms with E-state index < -0.39 is 0 Å². The van der Waals surface area contributed by atoms with E-state index >= 15 is 0 Å². The number of fused-ring (bicyclic) bond motifs is 1. The number of benzene rings is 2. The number of carbonyl (C=O) groups excluding carboxylic acids is 1. The van der Waals surface area contributed by atoms with Crippen molar-refractivity contribution in [3.8, 4) is 0 Å². The molecule has 1 aromatic heterocycles. The van der Waals surface area contributed by atoms with E-state index in [1.807, 2.05) is 66.7 Å². The molecule has 6 heteroatoms. The molecule has 3 aromatic rings. The average molecular weight is 403 g/mol. The summed E-state index contributed by atoms with van der Waals surface area (Å²) in [5, 5.41) is 8.39. The number of carbonyl (C=O) groups is 1. The maximum Gasteiger partial charge on any atom is 0.226 e. The topological polar surface area (TPSA) is 59.8 Å². The highest BCUT2D eigenvalue weighted by Crippen LogP contribution is 2.42. The quantitative estimate of drug-likeness (QED) is 0.668. The number of hydrogen-bond donors (Lipinski definition) is 1. The fraction of sp³-hybridized carbons (Fsp3) is 0.174. The normalized spacial score (nSPS) is 21.1. The lowest BCUT2D eigenvalue weighted by molar-refractivity contribution is -0.116.